The first-order chi connectivity index (χ1) is 8.00. The van der Waals surface area contributed by atoms with Gasteiger partial charge >= 0.3 is 6.18 Å². The molecule has 2 N–H and O–H groups in total. The number of hydrogen-bond acceptors (Lipinski definition) is 2. The number of hydrogen-bond donors (Lipinski definition) is 2. The molecule has 17 heavy (non-hydrogen) atoms. The standard InChI is InChI=1S/C12H14F3NO/c13-12(14,15)10-1-2-11-9(6-10)5-8(3-4-17)7-16-11/h1-2,6,8,16-17H,3-5,7H2. The largest absolute Gasteiger partial charge is 0.416 e. The Labute approximate surface area is 97.5 Å². The summed E-state index contributed by atoms with van der Waals surface area (Å²) in [6, 6.07) is 3.78. The Balaban J connectivity index is 2.23. The van der Waals surface area contributed by atoms with Gasteiger partial charge in [0.2, 0.25) is 0 Å². The maximum atomic E-state index is 12.5. The van der Waals surface area contributed by atoms with Crippen LogP contribution in [0.3, 0.4) is 0 Å². The third-order valence-electron chi connectivity index (χ3n) is 3.06. The molecule has 94 valence electrons. The van der Waals surface area contributed by atoms with E-state index in [1.807, 2.05) is 0 Å². The monoisotopic (exact) mass is 245 g/mol. The summed E-state index contributed by atoms with van der Waals surface area (Å²) in [5.41, 5.74) is 0.847. The highest BCUT2D eigenvalue weighted by Gasteiger charge is 2.31. The van der Waals surface area contributed by atoms with Gasteiger partial charge in [-0.1, -0.05) is 0 Å². The molecule has 0 saturated carbocycles. The minimum Gasteiger partial charge on any atom is -0.396 e. The van der Waals surface area contributed by atoms with Crippen LogP contribution >= 0.6 is 0 Å². The Hall–Kier alpha value is -1.23. The van der Waals surface area contributed by atoms with E-state index in [9.17, 15) is 13.2 Å². The average molecular weight is 245 g/mol. The zero-order chi connectivity index (χ0) is 12.5. The fraction of sp³-hybridized carbons (Fsp3) is 0.500. The van der Waals surface area contributed by atoms with Crippen molar-refractivity contribution < 1.29 is 18.3 Å². The van der Waals surface area contributed by atoms with Crippen LogP contribution < -0.4 is 5.32 Å². The molecule has 0 spiro atoms. The van der Waals surface area contributed by atoms with Crippen LogP contribution in [-0.4, -0.2) is 18.3 Å². The van der Waals surface area contributed by atoms with E-state index >= 15 is 0 Å². The van der Waals surface area contributed by atoms with Gasteiger partial charge < -0.3 is 10.4 Å². The van der Waals surface area contributed by atoms with E-state index in [0.29, 0.717) is 24.9 Å². The van der Waals surface area contributed by atoms with Gasteiger partial charge in [0, 0.05) is 18.8 Å². The maximum Gasteiger partial charge on any atom is 0.416 e. The Bertz CT molecular complexity index is 403. The first-order valence-corrected chi connectivity index (χ1v) is 5.55. The van der Waals surface area contributed by atoms with Crippen LogP contribution in [0.4, 0.5) is 18.9 Å². The number of anilines is 1. The highest BCUT2D eigenvalue weighted by Crippen LogP contribution is 2.34. The van der Waals surface area contributed by atoms with Crippen LogP contribution in [0, 0.1) is 5.92 Å². The highest BCUT2D eigenvalue weighted by molar-refractivity contribution is 5.55. The van der Waals surface area contributed by atoms with E-state index in [-0.39, 0.29) is 12.5 Å². The second kappa shape index (κ2) is 4.56. The minimum absolute atomic E-state index is 0.0701. The Morgan fingerprint density at radius 1 is 1.35 bits per heavy atom. The molecular weight excluding hydrogens is 231 g/mol. The summed E-state index contributed by atoms with van der Waals surface area (Å²) < 4.78 is 37.6. The molecular formula is C12H14F3NO. The first-order valence-electron chi connectivity index (χ1n) is 5.55. The Morgan fingerprint density at radius 2 is 2.12 bits per heavy atom. The molecule has 2 rings (SSSR count). The van der Waals surface area contributed by atoms with Crippen LogP contribution in [0.15, 0.2) is 18.2 Å². The second-order valence-electron chi connectivity index (χ2n) is 4.33. The normalized spacial score (nSPS) is 19.6. The van der Waals surface area contributed by atoms with Gasteiger partial charge in [-0.25, -0.2) is 0 Å². The lowest BCUT2D eigenvalue weighted by atomic mass is 9.91. The zero-order valence-corrected chi connectivity index (χ0v) is 9.22. The van der Waals surface area contributed by atoms with Crippen molar-refractivity contribution in [2.24, 2.45) is 5.92 Å². The summed E-state index contributed by atoms with van der Waals surface area (Å²) in [7, 11) is 0. The van der Waals surface area contributed by atoms with Gasteiger partial charge in [0.05, 0.1) is 5.56 Å². The van der Waals surface area contributed by atoms with Crippen LogP contribution in [0.25, 0.3) is 0 Å². The number of nitrogens with one attached hydrogen (secondary N) is 1. The van der Waals surface area contributed by atoms with Gasteiger partial charge in [-0.15, -0.1) is 0 Å². The molecule has 1 aliphatic heterocycles. The van der Waals surface area contributed by atoms with Gasteiger partial charge in [-0.3, -0.25) is 0 Å². The van der Waals surface area contributed by atoms with Gasteiger partial charge in [-0.2, -0.15) is 13.2 Å². The van der Waals surface area contributed by atoms with Crippen molar-refractivity contribution in [1.82, 2.24) is 0 Å². The maximum absolute atomic E-state index is 12.5. The lowest BCUT2D eigenvalue weighted by molar-refractivity contribution is -0.137. The van der Waals surface area contributed by atoms with Gasteiger partial charge in [0.1, 0.15) is 0 Å². The number of aliphatic hydroxyl groups is 1. The fourth-order valence-corrected chi connectivity index (χ4v) is 2.14. The molecule has 1 aromatic rings. The third-order valence-corrected chi connectivity index (χ3v) is 3.06. The van der Waals surface area contributed by atoms with Crippen LogP contribution in [-0.2, 0) is 12.6 Å². The third kappa shape index (κ3) is 2.72. The molecule has 0 fully saturated rings. The van der Waals surface area contributed by atoms with E-state index in [4.69, 9.17) is 5.11 Å². The van der Waals surface area contributed by atoms with Crippen LogP contribution in [0.5, 0.6) is 0 Å². The zero-order valence-electron chi connectivity index (χ0n) is 9.22. The van der Waals surface area contributed by atoms with E-state index in [2.05, 4.69) is 5.32 Å². The van der Waals surface area contributed by atoms with Gasteiger partial charge in [-0.05, 0) is 42.5 Å². The predicted molar refractivity (Wildman–Crippen MR) is 58.8 cm³/mol. The molecule has 1 atom stereocenters. The lowest BCUT2D eigenvalue weighted by Crippen LogP contribution is -2.24. The fourth-order valence-electron chi connectivity index (χ4n) is 2.14. The van der Waals surface area contributed by atoms with Crippen molar-refractivity contribution in [3.63, 3.8) is 0 Å². The summed E-state index contributed by atoms with van der Waals surface area (Å²) in [6.45, 7) is 0.777. The highest BCUT2D eigenvalue weighted by atomic mass is 19.4. The molecule has 0 amide bonds. The van der Waals surface area contributed by atoms with Crippen LogP contribution in [0.2, 0.25) is 0 Å². The first kappa shape index (κ1) is 12.2. The second-order valence-corrected chi connectivity index (χ2v) is 4.33. The lowest BCUT2D eigenvalue weighted by Gasteiger charge is -2.26. The number of fused-ring (bicyclic) bond motifs is 1. The summed E-state index contributed by atoms with van der Waals surface area (Å²) in [5.74, 6) is 0.205. The quantitative estimate of drug-likeness (QED) is 0.839. The molecule has 0 bridgehead atoms. The summed E-state index contributed by atoms with van der Waals surface area (Å²) in [4.78, 5) is 0. The van der Waals surface area contributed by atoms with Gasteiger partial charge in [0.25, 0.3) is 0 Å². The molecule has 0 radical (unpaired) electrons. The molecule has 1 heterocycles. The summed E-state index contributed by atoms with van der Waals surface area (Å²) in [5, 5.41) is 11.9. The molecule has 5 heteroatoms. The molecule has 0 aromatic heterocycles. The smallest absolute Gasteiger partial charge is 0.396 e. The van der Waals surface area contributed by atoms with Crippen molar-refractivity contribution in [2.75, 3.05) is 18.5 Å². The van der Waals surface area contributed by atoms with E-state index < -0.39 is 11.7 Å². The molecule has 1 aliphatic rings. The van der Waals surface area contributed by atoms with Crippen molar-refractivity contribution in [1.29, 1.82) is 0 Å². The van der Waals surface area contributed by atoms with Crippen molar-refractivity contribution in [2.45, 2.75) is 19.0 Å². The number of rotatable bonds is 2. The Kier molecular flexibility index (Phi) is 3.28. The average Bonchev–Trinajstić information content (AvgIpc) is 2.27. The SMILES string of the molecule is OCCC1CNc2ccc(C(F)(F)F)cc2C1. The van der Waals surface area contributed by atoms with E-state index in [1.54, 1.807) is 0 Å². The van der Waals surface area contributed by atoms with E-state index in [1.165, 1.54) is 12.1 Å². The minimum atomic E-state index is -4.29. The number of benzene rings is 1. The number of halogens is 3. The molecule has 2 nitrogen and oxygen atoms in total. The number of alkyl halides is 3. The van der Waals surface area contributed by atoms with Gasteiger partial charge in [0.15, 0.2) is 0 Å². The van der Waals surface area contributed by atoms with E-state index in [0.717, 1.165) is 11.8 Å². The van der Waals surface area contributed by atoms with Crippen molar-refractivity contribution >= 4 is 5.69 Å². The molecule has 0 aliphatic carbocycles. The Morgan fingerprint density at radius 3 is 2.76 bits per heavy atom. The summed E-state index contributed by atoms with van der Waals surface area (Å²) >= 11 is 0. The summed E-state index contributed by atoms with van der Waals surface area (Å²) in [6.07, 6.45) is -3.09. The predicted octanol–water partition coefficient (Wildman–Crippen LogP) is 2.67. The van der Waals surface area contributed by atoms with Crippen molar-refractivity contribution in [3.05, 3.63) is 29.3 Å². The molecule has 1 aromatic carbocycles. The topological polar surface area (TPSA) is 32.3 Å². The molecule has 1 unspecified atom stereocenters. The molecule has 0 saturated heterocycles. The van der Waals surface area contributed by atoms with Crippen LogP contribution in [0.1, 0.15) is 17.5 Å². The number of aliphatic hydroxyl groups excluding tert-OH is 1. The van der Waals surface area contributed by atoms with Crippen molar-refractivity contribution in [3.8, 4) is 0 Å².